The largest absolute Gasteiger partial charge is 0.497 e. The SMILES string of the molecule is COc1cccc(C=CC(=O)Nc2nncs2)c1. The lowest BCUT2D eigenvalue weighted by Gasteiger charge is -2.00. The predicted molar refractivity (Wildman–Crippen MR) is 70.6 cm³/mol. The van der Waals surface area contributed by atoms with Crippen molar-refractivity contribution in [1.29, 1.82) is 0 Å². The van der Waals surface area contributed by atoms with Gasteiger partial charge in [-0.1, -0.05) is 23.5 Å². The highest BCUT2D eigenvalue weighted by atomic mass is 32.1. The lowest BCUT2D eigenvalue weighted by Crippen LogP contribution is -2.07. The zero-order valence-electron chi connectivity index (χ0n) is 9.66. The second-order valence-corrected chi connectivity index (χ2v) is 4.18. The monoisotopic (exact) mass is 261 g/mol. The Morgan fingerprint density at radius 2 is 2.39 bits per heavy atom. The van der Waals surface area contributed by atoms with Crippen LogP contribution in [0.4, 0.5) is 5.13 Å². The number of anilines is 1. The molecule has 0 atom stereocenters. The highest BCUT2D eigenvalue weighted by Crippen LogP contribution is 2.14. The summed E-state index contributed by atoms with van der Waals surface area (Å²) in [6.07, 6.45) is 3.15. The van der Waals surface area contributed by atoms with E-state index in [0.717, 1.165) is 11.3 Å². The molecule has 2 rings (SSSR count). The summed E-state index contributed by atoms with van der Waals surface area (Å²) in [5.74, 6) is 0.510. The topological polar surface area (TPSA) is 64.1 Å². The summed E-state index contributed by atoms with van der Waals surface area (Å²) in [5, 5.41) is 10.4. The fourth-order valence-corrected chi connectivity index (χ4v) is 1.74. The van der Waals surface area contributed by atoms with Crippen molar-refractivity contribution in [2.45, 2.75) is 0 Å². The first-order chi connectivity index (χ1) is 8.78. The van der Waals surface area contributed by atoms with Crippen molar-refractivity contribution < 1.29 is 9.53 Å². The first kappa shape index (κ1) is 12.3. The normalized spacial score (nSPS) is 10.5. The van der Waals surface area contributed by atoms with Crippen molar-refractivity contribution in [3.8, 4) is 5.75 Å². The summed E-state index contributed by atoms with van der Waals surface area (Å²) >= 11 is 1.27. The molecule has 1 amide bonds. The molecule has 1 N–H and O–H groups in total. The summed E-state index contributed by atoms with van der Waals surface area (Å²) in [7, 11) is 1.60. The number of nitrogens with one attached hydrogen (secondary N) is 1. The van der Waals surface area contributed by atoms with Gasteiger partial charge in [0.1, 0.15) is 11.3 Å². The van der Waals surface area contributed by atoms with E-state index >= 15 is 0 Å². The van der Waals surface area contributed by atoms with Crippen molar-refractivity contribution in [3.63, 3.8) is 0 Å². The molecular formula is C12H11N3O2S. The van der Waals surface area contributed by atoms with Crippen molar-refractivity contribution in [2.24, 2.45) is 0 Å². The second-order valence-electron chi connectivity index (χ2n) is 3.34. The third-order valence-electron chi connectivity index (χ3n) is 2.11. The van der Waals surface area contributed by atoms with Crippen LogP contribution in [0.5, 0.6) is 5.75 Å². The van der Waals surface area contributed by atoms with Crippen LogP contribution < -0.4 is 10.1 Å². The van der Waals surface area contributed by atoms with Gasteiger partial charge in [-0.15, -0.1) is 10.2 Å². The number of hydrogen-bond acceptors (Lipinski definition) is 5. The van der Waals surface area contributed by atoms with Crippen molar-refractivity contribution in [2.75, 3.05) is 12.4 Å². The number of ether oxygens (including phenoxy) is 1. The number of methoxy groups -OCH3 is 1. The van der Waals surface area contributed by atoms with Gasteiger partial charge in [-0.25, -0.2) is 0 Å². The summed E-state index contributed by atoms with van der Waals surface area (Å²) in [5.41, 5.74) is 2.45. The van der Waals surface area contributed by atoms with E-state index in [1.54, 1.807) is 18.7 Å². The number of amides is 1. The fraction of sp³-hybridized carbons (Fsp3) is 0.0833. The first-order valence-electron chi connectivity index (χ1n) is 5.17. The van der Waals surface area contributed by atoms with E-state index in [4.69, 9.17) is 4.74 Å². The Balaban J connectivity index is 1.99. The van der Waals surface area contributed by atoms with Crippen molar-refractivity contribution in [3.05, 3.63) is 41.4 Å². The molecule has 1 aromatic heterocycles. The highest BCUT2D eigenvalue weighted by Gasteiger charge is 2.00. The van der Waals surface area contributed by atoms with Crippen molar-refractivity contribution in [1.82, 2.24) is 10.2 Å². The van der Waals surface area contributed by atoms with E-state index < -0.39 is 0 Å². The molecule has 0 aliphatic carbocycles. The average Bonchev–Trinajstić information content (AvgIpc) is 2.89. The molecule has 1 aromatic carbocycles. The third-order valence-corrected chi connectivity index (χ3v) is 2.72. The van der Waals surface area contributed by atoms with Crippen LogP contribution in [-0.2, 0) is 4.79 Å². The lowest BCUT2D eigenvalue weighted by molar-refractivity contribution is -0.111. The summed E-state index contributed by atoms with van der Waals surface area (Å²) in [6.45, 7) is 0. The second kappa shape index (κ2) is 5.92. The molecule has 0 aliphatic heterocycles. The van der Waals surface area contributed by atoms with Crippen LogP contribution in [0.25, 0.3) is 6.08 Å². The molecule has 6 heteroatoms. The van der Waals surface area contributed by atoms with E-state index in [-0.39, 0.29) is 5.91 Å². The number of nitrogens with zero attached hydrogens (tertiary/aromatic N) is 2. The van der Waals surface area contributed by atoms with Crippen LogP contribution in [0, 0.1) is 0 Å². The van der Waals surface area contributed by atoms with Gasteiger partial charge in [0.2, 0.25) is 11.0 Å². The molecule has 0 saturated carbocycles. The Bertz CT molecular complexity index is 552. The molecule has 0 spiro atoms. The minimum Gasteiger partial charge on any atom is -0.497 e. The van der Waals surface area contributed by atoms with Gasteiger partial charge in [0.25, 0.3) is 0 Å². The van der Waals surface area contributed by atoms with Gasteiger partial charge in [-0.3, -0.25) is 10.1 Å². The molecular weight excluding hydrogens is 250 g/mol. The number of hydrogen-bond donors (Lipinski definition) is 1. The summed E-state index contributed by atoms with van der Waals surface area (Å²) in [4.78, 5) is 11.5. The number of benzene rings is 1. The molecule has 5 nitrogen and oxygen atoms in total. The maximum Gasteiger partial charge on any atom is 0.250 e. The minimum atomic E-state index is -0.241. The van der Waals surface area contributed by atoms with Crippen LogP contribution in [0.15, 0.2) is 35.9 Å². The number of aromatic nitrogens is 2. The molecule has 2 aromatic rings. The number of carbonyl (C=O) groups is 1. The van der Waals surface area contributed by atoms with Gasteiger partial charge in [0.05, 0.1) is 7.11 Å². The minimum absolute atomic E-state index is 0.241. The van der Waals surface area contributed by atoms with Crippen LogP contribution in [0.3, 0.4) is 0 Å². The van der Waals surface area contributed by atoms with Gasteiger partial charge < -0.3 is 4.74 Å². The third kappa shape index (κ3) is 3.39. The van der Waals surface area contributed by atoms with E-state index in [9.17, 15) is 4.79 Å². The number of rotatable bonds is 4. The molecule has 1 heterocycles. The molecule has 18 heavy (non-hydrogen) atoms. The number of carbonyl (C=O) groups excluding carboxylic acids is 1. The maximum absolute atomic E-state index is 11.5. The summed E-state index contributed by atoms with van der Waals surface area (Å²) in [6, 6.07) is 7.44. The van der Waals surface area contributed by atoms with Gasteiger partial charge in [0.15, 0.2) is 0 Å². The Kier molecular flexibility index (Phi) is 4.03. The molecule has 0 fully saturated rings. The molecule has 0 saturated heterocycles. The maximum atomic E-state index is 11.5. The molecule has 0 radical (unpaired) electrons. The summed E-state index contributed by atoms with van der Waals surface area (Å²) < 4.78 is 5.10. The van der Waals surface area contributed by atoms with Crippen LogP contribution in [0.2, 0.25) is 0 Å². The van der Waals surface area contributed by atoms with Crippen LogP contribution >= 0.6 is 11.3 Å². The lowest BCUT2D eigenvalue weighted by atomic mass is 10.2. The van der Waals surface area contributed by atoms with E-state index in [1.165, 1.54) is 17.4 Å². The van der Waals surface area contributed by atoms with Gasteiger partial charge in [-0.2, -0.15) is 0 Å². The zero-order valence-corrected chi connectivity index (χ0v) is 10.5. The smallest absolute Gasteiger partial charge is 0.250 e. The molecule has 0 aliphatic rings. The fourth-order valence-electron chi connectivity index (χ4n) is 1.29. The van der Waals surface area contributed by atoms with Crippen LogP contribution in [-0.4, -0.2) is 23.2 Å². The van der Waals surface area contributed by atoms with Gasteiger partial charge in [0, 0.05) is 6.08 Å². The van der Waals surface area contributed by atoms with Crippen LogP contribution in [0.1, 0.15) is 5.56 Å². The molecule has 0 bridgehead atoms. The molecule has 92 valence electrons. The van der Waals surface area contributed by atoms with Gasteiger partial charge >= 0.3 is 0 Å². The zero-order chi connectivity index (χ0) is 12.8. The predicted octanol–water partition coefficient (Wildman–Crippen LogP) is 2.20. The van der Waals surface area contributed by atoms with E-state index in [0.29, 0.717) is 5.13 Å². The average molecular weight is 261 g/mol. The van der Waals surface area contributed by atoms with E-state index in [1.807, 2.05) is 24.3 Å². The van der Waals surface area contributed by atoms with Crippen molar-refractivity contribution >= 4 is 28.5 Å². The standard InChI is InChI=1S/C12H11N3O2S/c1-17-10-4-2-3-9(7-10)5-6-11(16)14-12-15-13-8-18-12/h2-8H,1H3,(H,14,15,16). The Morgan fingerprint density at radius 3 is 3.11 bits per heavy atom. The first-order valence-corrected chi connectivity index (χ1v) is 6.05. The Morgan fingerprint density at radius 1 is 1.50 bits per heavy atom. The Labute approximate surface area is 108 Å². The van der Waals surface area contributed by atoms with E-state index in [2.05, 4.69) is 15.5 Å². The quantitative estimate of drug-likeness (QED) is 0.857. The molecule has 0 unspecified atom stereocenters. The highest BCUT2D eigenvalue weighted by molar-refractivity contribution is 7.13. The van der Waals surface area contributed by atoms with Gasteiger partial charge in [-0.05, 0) is 23.8 Å². The Hall–Kier alpha value is -2.21.